The molecular weight excluding hydrogens is 238 g/mol. The number of fused-ring (bicyclic) bond motifs is 3. The number of nitrogens with one attached hydrogen (secondary N) is 1. The summed E-state index contributed by atoms with van der Waals surface area (Å²) in [5.41, 5.74) is 3.24. The molecule has 0 saturated heterocycles. The largest absolute Gasteiger partial charge is 0.319 e. The Hall–Kier alpha value is -2.10. The van der Waals surface area contributed by atoms with Crippen LogP contribution in [-0.4, -0.2) is 14.4 Å². The van der Waals surface area contributed by atoms with E-state index < -0.39 is 0 Å². The lowest BCUT2D eigenvalue weighted by molar-refractivity contribution is 0.620. The summed E-state index contributed by atoms with van der Waals surface area (Å²) in [4.78, 5) is 19.7. The highest BCUT2D eigenvalue weighted by molar-refractivity contribution is 5.78. The molecule has 0 aliphatic rings. The maximum absolute atomic E-state index is 12.2. The van der Waals surface area contributed by atoms with Crippen LogP contribution in [0.2, 0.25) is 0 Å². The molecule has 4 nitrogen and oxygen atoms in total. The minimum absolute atomic E-state index is 0.0706. The SMILES string of the molecule is Cc1nc(CC(C)C)n2c1c(=O)[nH]c1ccccc12. The van der Waals surface area contributed by atoms with E-state index in [9.17, 15) is 4.79 Å². The fraction of sp³-hybridized carbons (Fsp3) is 0.333. The second-order valence-electron chi connectivity index (χ2n) is 5.37. The molecule has 98 valence electrons. The molecule has 4 heteroatoms. The third-order valence-corrected chi connectivity index (χ3v) is 3.32. The second kappa shape index (κ2) is 4.23. The first-order valence-electron chi connectivity index (χ1n) is 6.57. The number of hydrogen-bond donors (Lipinski definition) is 1. The average molecular weight is 255 g/mol. The van der Waals surface area contributed by atoms with Crippen molar-refractivity contribution >= 4 is 16.6 Å². The number of nitrogens with zero attached hydrogens (tertiary/aromatic N) is 2. The Morgan fingerprint density at radius 3 is 2.79 bits per heavy atom. The first-order chi connectivity index (χ1) is 9.08. The number of para-hydroxylation sites is 2. The van der Waals surface area contributed by atoms with Gasteiger partial charge in [0.05, 0.1) is 16.7 Å². The Balaban J connectivity index is 2.49. The van der Waals surface area contributed by atoms with E-state index in [1.165, 1.54) is 0 Å². The fourth-order valence-electron chi connectivity index (χ4n) is 2.57. The van der Waals surface area contributed by atoms with Crippen LogP contribution in [0.3, 0.4) is 0 Å². The molecule has 2 aromatic heterocycles. The van der Waals surface area contributed by atoms with Crippen molar-refractivity contribution in [3.05, 3.63) is 46.1 Å². The quantitative estimate of drug-likeness (QED) is 0.765. The van der Waals surface area contributed by atoms with E-state index in [0.717, 1.165) is 29.0 Å². The summed E-state index contributed by atoms with van der Waals surface area (Å²) in [6.45, 7) is 6.21. The summed E-state index contributed by atoms with van der Waals surface area (Å²) in [5, 5.41) is 0. The lowest BCUT2D eigenvalue weighted by atomic mass is 10.1. The van der Waals surface area contributed by atoms with Gasteiger partial charge < -0.3 is 4.98 Å². The fourth-order valence-corrected chi connectivity index (χ4v) is 2.57. The molecule has 0 atom stereocenters. The Labute approximate surface area is 111 Å². The Kier molecular flexibility index (Phi) is 2.66. The number of H-pyrrole nitrogens is 1. The molecule has 19 heavy (non-hydrogen) atoms. The van der Waals surface area contributed by atoms with E-state index in [1.54, 1.807) is 0 Å². The summed E-state index contributed by atoms with van der Waals surface area (Å²) in [6.07, 6.45) is 0.864. The van der Waals surface area contributed by atoms with E-state index >= 15 is 0 Å². The molecule has 2 heterocycles. The normalized spacial score (nSPS) is 11.8. The van der Waals surface area contributed by atoms with Crippen molar-refractivity contribution in [3.63, 3.8) is 0 Å². The van der Waals surface area contributed by atoms with Crippen molar-refractivity contribution < 1.29 is 0 Å². The van der Waals surface area contributed by atoms with Gasteiger partial charge >= 0.3 is 0 Å². The van der Waals surface area contributed by atoms with Crippen LogP contribution in [0.15, 0.2) is 29.1 Å². The molecule has 0 saturated carbocycles. The summed E-state index contributed by atoms with van der Waals surface area (Å²) < 4.78 is 2.00. The number of rotatable bonds is 2. The molecule has 0 aliphatic carbocycles. The number of imidazole rings is 1. The molecule has 0 bridgehead atoms. The van der Waals surface area contributed by atoms with Crippen LogP contribution >= 0.6 is 0 Å². The van der Waals surface area contributed by atoms with Crippen LogP contribution in [-0.2, 0) is 6.42 Å². The van der Waals surface area contributed by atoms with Crippen LogP contribution in [0.25, 0.3) is 16.6 Å². The minimum Gasteiger partial charge on any atom is -0.319 e. The topological polar surface area (TPSA) is 50.2 Å². The van der Waals surface area contributed by atoms with E-state index in [4.69, 9.17) is 0 Å². The van der Waals surface area contributed by atoms with Crippen molar-refractivity contribution in [1.29, 1.82) is 0 Å². The molecule has 0 radical (unpaired) electrons. The van der Waals surface area contributed by atoms with Gasteiger partial charge in [0.15, 0.2) is 0 Å². The standard InChI is InChI=1S/C15H17N3O/c1-9(2)8-13-16-10(3)14-15(19)17-11-6-4-5-7-12(11)18(13)14/h4-7,9H,8H2,1-3H3,(H,17,19). The maximum atomic E-state index is 12.2. The van der Waals surface area contributed by atoms with Gasteiger partial charge in [-0.05, 0) is 25.0 Å². The molecule has 0 spiro atoms. The van der Waals surface area contributed by atoms with Gasteiger partial charge in [0.2, 0.25) is 0 Å². The molecule has 1 aromatic carbocycles. The van der Waals surface area contributed by atoms with Gasteiger partial charge in [-0.25, -0.2) is 4.98 Å². The van der Waals surface area contributed by atoms with Gasteiger partial charge in [0.1, 0.15) is 11.3 Å². The lowest BCUT2D eigenvalue weighted by Gasteiger charge is -2.07. The molecule has 3 rings (SSSR count). The lowest BCUT2D eigenvalue weighted by Crippen LogP contribution is -2.12. The van der Waals surface area contributed by atoms with Crippen molar-refractivity contribution in [2.75, 3.05) is 0 Å². The molecule has 0 aliphatic heterocycles. The van der Waals surface area contributed by atoms with Crippen LogP contribution in [0.5, 0.6) is 0 Å². The summed E-state index contributed by atoms with van der Waals surface area (Å²) >= 11 is 0. The Morgan fingerprint density at radius 1 is 1.32 bits per heavy atom. The van der Waals surface area contributed by atoms with Crippen molar-refractivity contribution in [2.45, 2.75) is 27.2 Å². The van der Waals surface area contributed by atoms with Crippen LogP contribution in [0.1, 0.15) is 25.4 Å². The third kappa shape index (κ3) is 1.84. The van der Waals surface area contributed by atoms with Crippen LogP contribution in [0, 0.1) is 12.8 Å². The van der Waals surface area contributed by atoms with Gasteiger partial charge in [-0.15, -0.1) is 0 Å². The van der Waals surface area contributed by atoms with Crippen molar-refractivity contribution in [1.82, 2.24) is 14.4 Å². The highest BCUT2D eigenvalue weighted by atomic mass is 16.1. The van der Waals surface area contributed by atoms with Gasteiger partial charge in [0, 0.05) is 6.42 Å². The predicted octanol–water partition coefficient (Wildman–Crippen LogP) is 2.68. The molecular formula is C15H17N3O. The van der Waals surface area contributed by atoms with E-state index in [1.807, 2.05) is 35.6 Å². The van der Waals surface area contributed by atoms with Crippen molar-refractivity contribution in [2.24, 2.45) is 5.92 Å². The summed E-state index contributed by atoms with van der Waals surface area (Å²) in [5.74, 6) is 1.47. The molecule has 0 unspecified atom stereocenters. The Bertz CT molecular complexity index is 811. The second-order valence-corrected chi connectivity index (χ2v) is 5.37. The molecule has 3 aromatic rings. The highest BCUT2D eigenvalue weighted by Gasteiger charge is 2.14. The van der Waals surface area contributed by atoms with Crippen molar-refractivity contribution in [3.8, 4) is 0 Å². The Morgan fingerprint density at radius 2 is 2.05 bits per heavy atom. The van der Waals surface area contributed by atoms with Gasteiger partial charge in [-0.3, -0.25) is 9.20 Å². The maximum Gasteiger partial charge on any atom is 0.274 e. The number of aromatic nitrogens is 3. The van der Waals surface area contributed by atoms with E-state index in [0.29, 0.717) is 11.4 Å². The zero-order valence-corrected chi connectivity index (χ0v) is 11.4. The number of hydrogen-bond acceptors (Lipinski definition) is 2. The first-order valence-corrected chi connectivity index (χ1v) is 6.57. The molecule has 0 amide bonds. The monoisotopic (exact) mass is 255 g/mol. The van der Waals surface area contributed by atoms with Crippen LogP contribution < -0.4 is 5.56 Å². The van der Waals surface area contributed by atoms with E-state index in [2.05, 4.69) is 23.8 Å². The molecule has 1 N–H and O–H groups in total. The third-order valence-electron chi connectivity index (χ3n) is 3.32. The van der Waals surface area contributed by atoms with Gasteiger partial charge in [-0.1, -0.05) is 26.0 Å². The summed E-state index contributed by atoms with van der Waals surface area (Å²) in [6, 6.07) is 7.85. The minimum atomic E-state index is -0.0706. The predicted molar refractivity (Wildman–Crippen MR) is 76.6 cm³/mol. The summed E-state index contributed by atoms with van der Waals surface area (Å²) in [7, 11) is 0. The highest BCUT2D eigenvalue weighted by Crippen LogP contribution is 2.18. The zero-order valence-electron chi connectivity index (χ0n) is 11.4. The first kappa shape index (κ1) is 12.0. The molecule has 0 fully saturated rings. The average Bonchev–Trinajstić information content (AvgIpc) is 2.66. The number of aryl methyl sites for hydroxylation is 1. The van der Waals surface area contributed by atoms with Gasteiger partial charge in [-0.2, -0.15) is 0 Å². The zero-order chi connectivity index (χ0) is 13.6. The smallest absolute Gasteiger partial charge is 0.274 e. The number of aromatic amines is 1. The number of benzene rings is 1. The van der Waals surface area contributed by atoms with E-state index in [-0.39, 0.29) is 5.56 Å². The van der Waals surface area contributed by atoms with Crippen LogP contribution in [0.4, 0.5) is 0 Å². The van der Waals surface area contributed by atoms with Gasteiger partial charge in [0.25, 0.3) is 5.56 Å².